The molecular formula is C15H17ClN2O. The van der Waals surface area contributed by atoms with Crippen LogP contribution in [0.1, 0.15) is 17.2 Å². The molecule has 2 aromatic rings. The van der Waals surface area contributed by atoms with Gasteiger partial charge in [0.2, 0.25) is 0 Å². The molecular weight excluding hydrogens is 260 g/mol. The van der Waals surface area contributed by atoms with Crippen LogP contribution in [0.25, 0.3) is 0 Å². The van der Waals surface area contributed by atoms with Crippen LogP contribution >= 0.6 is 11.6 Å². The fourth-order valence-corrected chi connectivity index (χ4v) is 1.95. The molecule has 0 spiro atoms. The van der Waals surface area contributed by atoms with Gasteiger partial charge in [-0.25, -0.2) is 0 Å². The minimum atomic E-state index is -0.123. The summed E-state index contributed by atoms with van der Waals surface area (Å²) in [6.07, 6.45) is 0. The van der Waals surface area contributed by atoms with Crippen molar-refractivity contribution in [3.8, 4) is 5.75 Å². The molecule has 0 aliphatic carbocycles. The quantitative estimate of drug-likeness (QED) is 0.883. The van der Waals surface area contributed by atoms with Gasteiger partial charge in [-0.2, -0.15) is 0 Å². The number of rotatable bonds is 5. The molecule has 0 heterocycles. The van der Waals surface area contributed by atoms with Crippen LogP contribution in [0.5, 0.6) is 5.75 Å². The van der Waals surface area contributed by atoms with E-state index >= 15 is 0 Å². The Morgan fingerprint density at radius 1 is 1.11 bits per heavy atom. The molecule has 0 aliphatic rings. The van der Waals surface area contributed by atoms with E-state index in [1.807, 2.05) is 48.5 Å². The van der Waals surface area contributed by atoms with E-state index in [9.17, 15) is 0 Å². The summed E-state index contributed by atoms with van der Waals surface area (Å²) >= 11 is 5.92. The van der Waals surface area contributed by atoms with Crippen LogP contribution < -0.4 is 16.2 Å². The predicted molar refractivity (Wildman–Crippen MR) is 78.2 cm³/mol. The molecule has 1 atom stereocenters. The van der Waals surface area contributed by atoms with Gasteiger partial charge in [0.15, 0.2) is 0 Å². The minimum absolute atomic E-state index is 0.123. The monoisotopic (exact) mass is 276 g/mol. The Morgan fingerprint density at radius 2 is 1.84 bits per heavy atom. The normalized spacial score (nSPS) is 12.2. The lowest BCUT2D eigenvalue weighted by atomic mass is 10.1. The van der Waals surface area contributed by atoms with Gasteiger partial charge in [-0.05, 0) is 35.4 Å². The number of ether oxygens (including phenoxy) is 1. The maximum Gasteiger partial charge on any atom is 0.119 e. The van der Waals surface area contributed by atoms with Crippen molar-refractivity contribution >= 4 is 11.6 Å². The van der Waals surface area contributed by atoms with Crippen LogP contribution in [0.3, 0.4) is 0 Å². The zero-order chi connectivity index (χ0) is 13.7. The number of hydrogen-bond acceptors (Lipinski definition) is 3. The van der Waals surface area contributed by atoms with Crippen LogP contribution in [-0.4, -0.2) is 6.54 Å². The van der Waals surface area contributed by atoms with E-state index in [0.717, 1.165) is 16.9 Å². The summed E-state index contributed by atoms with van der Waals surface area (Å²) in [5, 5.41) is 0.713. The average Bonchev–Trinajstić information content (AvgIpc) is 2.45. The molecule has 0 amide bonds. The molecule has 2 rings (SSSR count). The fourth-order valence-electron chi connectivity index (χ4n) is 1.74. The molecule has 0 radical (unpaired) electrons. The van der Waals surface area contributed by atoms with Gasteiger partial charge in [-0.15, -0.1) is 0 Å². The molecule has 3 nitrogen and oxygen atoms in total. The van der Waals surface area contributed by atoms with E-state index in [0.29, 0.717) is 18.2 Å². The van der Waals surface area contributed by atoms with Crippen molar-refractivity contribution in [1.29, 1.82) is 0 Å². The molecule has 0 aromatic heterocycles. The van der Waals surface area contributed by atoms with Gasteiger partial charge < -0.3 is 16.2 Å². The Hall–Kier alpha value is -1.55. The summed E-state index contributed by atoms with van der Waals surface area (Å²) in [5.74, 6) is 0.799. The van der Waals surface area contributed by atoms with E-state index in [2.05, 4.69) is 0 Å². The van der Waals surface area contributed by atoms with E-state index in [-0.39, 0.29) is 6.04 Å². The number of halogens is 1. The van der Waals surface area contributed by atoms with Crippen LogP contribution in [-0.2, 0) is 6.61 Å². The Kier molecular flexibility index (Phi) is 4.80. The molecule has 2 aromatic carbocycles. The maximum absolute atomic E-state index is 5.92. The van der Waals surface area contributed by atoms with Crippen LogP contribution in [0.15, 0.2) is 48.5 Å². The van der Waals surface area contributed by atoms with Crippen molar-refractivity contribution in [2.24, 2.45) is 11.5 Å². The Morgan fingerprint density at radius 3 is 2.47 bits per heavy atom. The van der Waals surface area contributed by atoms with E-state index in [1.54, 1.807) is 0 Å². The van der Waals surface area contributed by atoms with Crippen molar-refractivity contribution in [1.82, 2.24) is 0 Å². The predicted octanol–water partition coefficient (Wildman–Crippen LogP) is 2.88. The summed E-state index contributed by atoms with van der Waals surface area (Å²) in [4.78, 5) is 0. The molecule has 0 aliphatic heterocycles. The van der Waals surface area contributed by atoms with E-state index in [1.165, 1.54) is 0 Å². The minimum Gasteiger partial charge on any atom is -0.489 e. The van der Waals surface area contributed by atoms with Gasteiger partial charge in [0.25, 0.3) is 0 Å². The first-order valence-corrected chi connectivity index (χ1v) is 6.49. The molecule has 100 valence electrons. The molecule has 4 N–H and O–H groups in total. The Balaban J connectivity index is 1.96. The average molecular weight is 277 g/mol. The van der Waals surface area contributed by atoms with Crippen molar-refractivity contribution < 1.29 is 4.74 Å². The highest BCUT2D eigenvalue weighted by molar-refractivity contribution is 6.30. The van der Waals surface area contributed by atoms with Gasteiger partial charge in [0.1, 0.15) is 12.4 Å². The Bertz CT molecular complexity index is 528. The van der Waals surface area contributed by atoms with Gasteiger partial charge in [0.05, 0.1) is 0 Å². The second kappa shape index (κ2) is 6.57. The maximum atomic E-state index is 5.92. The first kappa shape index (κ1) is 13.9. The molecule has 19 heavy (non-hydrogen) atoms. The molecule has 0 saturated heterocycles. The zero-order valence-electron chi connectivity index (χ0n) is 10.6. The van der Waals surface area contributed by atoms with Gasteiger partial charge in [-0.3, -0.25) is 0 Å². The summed E-state index contributed by atoms with van der Waals surface area (Å²) in [7, 11) is 0. The summed E-state index contributed by atoms with van der Waals surface area (Å²) in [6, 6.07) is 15.2. The molecule has 0 bridgehead atoms. The third-order valence-corrected chi connectivity index (χ3v) is 3.09. The third kappa shape index (κ3) is 3.96. The smallest absolute Gasteiger partial charge is 0.119 e. The number of hydrogen-bond donors (Lipinski definition) is 2. The van der Waals surface area contributed by atoms with E-state index < -0.39 is 0 Å². The SMILES string of the molecule is NCC(N)c1ccc(OCc2cccc(Cl)c2)cc1. The second-order valence-corrected chi connectivity index (χ2v) is 4.77. The molecule has 1 unspecified atom stereocenters. The summed E-state index contributed by atoms with van der Waals surface area (Å²) < 4.78 is 5.68. The van der Waals surface area contributed by atoms with Crippen LogP contribution in [0.4, 0.5) is 0 Å². The van der Waals surface area contributed by atoms with E-state index in [4.69, 9.17) is 27.8 Å². The second-order valence-electron chi connectivity index (χ2n) is 4.33. The lowest BCUT2D eigenvalue weighted by molar-refractivity contribution is 0.306. The van der Waals surface area contributed by atoms with Crippen molar-refractivity contribution in [3.05, 3.63) is 64.7 Å². The highest BCUT2D eigenvalue weighted by atomic mass is 35.5. The van der Waals surface area contributed by atoms with Crippen molar-refractivity contribution in [2.45, 2.75) is 12.6 Å². The van der Waals surface area contributed by atoms with Gasteiger partial charge in [-0.1, -0.05) is 35.9 Å². The van der Waals surface area contributed by atoms with Crippen molar-refractivity contribution in [2.75, 3.05) is 6.54 Å². The van der Waals surface area contributed by atoms with Gasteiger partial charge in [0, 0.05) is 17.6 Å². The first-order chi connectivity index (χ1) is 9.19. The van der Waals surface area contributed by atoms with Crippen molar-refractivity contribution in [3.63, 3.8) is 0 Å². The number of benzene rings is 2. The largest absolute Gasteiger partial charge is 0.489 e. The topological polar surface area (TPSA) is 61.3 Å². The van der Waals surface area contributed by atoms with Crippen LogP contribution in [0, 0.1) is 0 Å². The highest BCUT2D eigenvalue weighted by Gasteiger charge is 2.03. The lowest BCUT2D eigenvalue weighted by Gasteiger charge is -2.11. The summed E-state index contributed by atoms with van der Waals surface area (Å²) in [5.41, 5.74) is 13.4. The zero-order valence-corrected chi connectivity index (χ0v) is 11.3. The van der Waals surface area contributed by atoms with Gasteiger partial charge >= 0.3 is 0 Å². The third-order valence-electron chi connectivity index (χ3n) is 2.86. The lowest BCUT2D eigenvalue weighted by Crippen LogP contribution is -2.20. The Labute approximate surface area is 118 Å². The summed E-state index contributed by atoms with van der Waals surface area (Å²) in [6.45, 7) is 0.922. The first-order valence-electron chi connectivity index (χ1n) is 6.12. The number of nitrogens with two attached hydrogens (primary N) is 2. The van der Waals surface area contributed by atoms with Crippen LogP contribution in [0.2, 0.25) is 5.02 Å². The standard InChI is InChI=1S/C15H17ClN2O/c16-13-3-1-2-11(8-13)10-19-14-6-4-12(5-7-14)15(18)9-17/h1-8,15H,9-10,17-18H2. The fraction of sp³-hybridized carbons (Fsp3) is 0.200. The molecule has 0 saturated carbocycles. The molecule has 4 heteroatoms. The highest BCUT2D eigenvalue weighted by Crippen LogP contribution is 2.18. The molecule has 0 fully saturated rings.